The van der Waals surface area contributed by atoms with Gasteiger partial charge in [-0.3, -0.25) is 4.79 Å². The Kier molecular flexibility index (Phi) is 3.55. The maximum absolute atomic E-state index is 11.8. The molecule has 0 saturated carbocycles. The van der Waals surface area contributed by atoms with E-state index in [4.69, 9.17) is 9.47 Å². The number of nitrogens with one attached hydrogen (secondary N) is 1. The topological polar surface area (TPSA) is 60.5 Å². The van der Waals surface area contributed by atoms with Gasteiger partial charge in [-0.2, -0.15) is 0 Å². The molecule has 0 unspecified atom stereocenters. The number of aryl methyl sites for hydroxylation is 1. The van der Waals surface area contributed by atoms with Gasteiger partial charge in [0, 0.05) is 12.3 Å². The van der Waals surface area contributed by atoms with Crippen molar-refractivity contribution >= 4 is 17.8 Å². The number of carbonyl (C=O) groups is 1. The summed E-state index contributed by atoms with van der Waals surface area (Å²) in [5, 5.41) is 2.70. The van der Waals surface area contributed by atoms with Crippen molar-refractivity contribution in [3.8, 4) is 11.5 Å². The summed E-state index contributed by atoms with van der Waals surface area (Å²) in [4.78, 5) is 15.9. The minimum atomic E-state index is -0.232. The van der Waals surface area contributed by atoms with E-state index in [-0.39, 0.29) is 12.7 Å². The molecule has 0 radical (unpaired) electrons. The van der Waals surface area contributed by atoms with Gasteiger partial charge in [0.1, 0.15) is 5.82 Å². The quantitative estimate of drug-likeness (QED) is 0.879. The Morgan fingerprint density at radius 1 is 1.24 bits per heavy atom. The molecule has 0 atom stereocenters. The lowest BCUT2D eigenvalue weighted by Gasteiger charge is -2.01. The largest absolute Gasteiger partial charge is 0.454 e. The summed E-state index contributed by atoms with van der Waals surface area (Å²) >= 11 is 0. The summed E-state index contributed by atoms with van der Waals surface area (Å²) in [5.41, 5.74) is 1.91. The van der Waals surface area contributed by atoms with Crippen LogP contribution in [-0.4, -0.2) is 17.7 Å². The molecule has 1 aliphatic rings. The van der Waals surface area contributed by atoms with Gasteiger partial charge in [-0.25, -0.2) is 4.98 Å². The molecule has 1 aliphatic heterocycles. The van der Waals surface area contributed by atoms with Gasteiger partial charge in [0.15, 0.2) is 11.5 Å². The smallest absolute Gasteiger partial charge is 0.249 e. The van der Waals surface area contributed by atoms with Gasteiger partial charge >= 0.3 is 0 Å². The van der Waals surface area contributed by atoms with Crippen molar-refractivity contribution in [2.75, 3.05) is 12.1 Å². The maximum Gasteiger partial charge on any atom is 0.249 e. The first-order chi connectivity index (χ1) is 10.2. The van der Waals surface area contributed by atoms with Gasteiger partial charge in [0.2, 0.25) is 12.7 Å². The predicted molar refractivity (Wildman–Crippen MR) is 79.2 cm³/mol. The van der Waals surface area contributed by atoms with Crippen LogP contribution in [0.25, 0.3) is 6.08 Å². The lowest BCUT2D eigenvalue weighted by atomic mass is 10.2. The zero-order valence-electron chi connectivity index (χ0n) is 11.5. The standard InChI is InChI=1S/C16H14N2O3/c1-11-2-6-15(17-9-11)18-16(19)7-4-12-3-5-13-14(8-12)21-10-20-13/h2-9H,10H2,1H3,(H,17,18,19)/b7-4-. The van der Waals surface area contributed by atoms with Crippen molar-refractivity contribution < 1.29 is 14.3 Å². The first kappa shape index (κ1) is 13.2. The molecule has 106 valence electrons. The third-order valence-corrected chi connectivity index (χ3v) is 2.99. The lowest BCUT2D eigenvalue weighted by molar-refractivity contribution is -0.111. The molecule has 3 rings (SSSR count). The summed E-state index contributed by atoms with van der Waals surface area (Å²) in [6.07, 6.45) is 4.88. The maximum atomic E-state index is 11.8. The Hall–Kier alpha value is -2.82. The Morgan fingerprint density at radius 3 is 2.90 bits per heavy atom. The number of carbonyl (C=O) groups excluding carboxylic acids is 1. The predicted octanol–water partition coefficient (Wildman–Crippen LogP) is 2.77. The number of aromatic nitrogens is 1. The van der Waals surface area contributed by atoms with Crippen LogP contribution in [-0.2, 0) is 4.79 Å². The van der Waals surface area contributed by atoms with Crippen LogP contribution in [0, 0.1) is 6.92 Å². The number of ether oxygens (including phenoxy) is 2. The second-order valence-electron chi connectivity index (χ2n) is 4.66. The summed E-state index contributed by atoms with van der Waals surface area (Å²) < 4.78 is 10.5. The Morgan fingerprint density at radius 2 is 2.10 bits per heavy atom. The number of anilines is 1. The molecule has 5 heteroatoms. The van der Waals surface area contributed by atoms with Crippen LogP contribution in [0.1, 0.15) is 11.1 Å². The minimum Gasteiger partial charge on any atom is -0.454 e. The third kappa shape index (κ3) is 3.20. The number of fused-ring (bicyclic) bond motifs is 1. The van der Waals surface area contributed by atoms with Crippen LogP contribution >= 0.6 is 0 Å². The van der Waals surface area contributed by atoms with E-state index in [2.05, 4.69) is 10.3 Å². The molecule has 0 aliphatic carbocycles. The Balaban J connectivity index is 1.65. The normalized spacial score (nSPS) is 12.6. The molecule has 1 amide bonds. The number of hydrogen-bond acceptors (Lipinski definition) is 4. The number of hydrogen-bond donors (Lipinski definition) is 1. The Labute approximate surface area is 122 Å². The first-order valence-corrected chi connectivity index (χ1v) is 6.52. The van der Waals surface area contributed by atoms with Crippen LogP contribution in [0.5, 0.6) is 11.5 Å². The molecule has 1 aromatic carbocycles. The fourth-order valence-electron chi connectivity index (χ4n) is 1.90. The van der Waals surface area contributed by atoms with Gasteiger partial charge in [-0.05, 0) is 42.3 Å². The molecule has 21 heavy (non-hydrogen) atoms. The lowest BCUT2D eigenvalue weighted by Crippen LogP contribution is -2.08. The summed E-state index contributed by atoms with van der Waals surface area (Å²) in [6, 6.07) is 9.17. The average Bonchev–Trinajstić information content (AvgIpc) is 2.95. The van der Waals surface area contributed by atoms with Gasteiger partial charge in [-0.15, -0.1) is 0 Å². The SMILES string of the molecule is Cc1ccc(NC(=O)/C=C\c2ccc3c(c2)OCO3)nc1. The number of amides is 1. The highest BCUT2D eigenvalue weighted by atomic mass is 16.7. The van der Waals surface area contributed by atoms with Crippen LogP contribution in [0.4, 0.5) is 5.82 Å². The van der Waals surface area contributed by atoms with E-state index in [0.29, 0.717) is 11.6 Å². The van der Waals surface area contributed by atoms with E-state index in [9.17, 15) is 4.79 Å². The summed E-state index contributed by atoms with van der Waals surface area (Å²) in [5.74, 6) is 1.71. The van der Waals surface area contributed by atoms with Gasteiger partial charge in [0.05, 0.1) is 0 Å². The zero-order valence-corrected chi connectivity index (χ0v) is 11.5. The fraction of sp³-hybridized carbons (Fsp3) is 0.125. The van der Waals surface area contributed by atoms with Gasteiger partial charge in [-0.1, -0.05) is 12.1 Å². The van der Waals surface area contributed by atoms with Crippen molar-refractivity contribution in [2.24, 2.45) is 0 Å². The number of benzene rings is 1. The third-order valence-electron chi connectivity index (χ3n) is 2.99. The van der Waals surface area contributed by atoms with E-state index >= 15 is 0 Å². The van der Waals surface area contributed by atoms with E-state index in [0.717, 1.165) is 16.9 Å². The molecular weight excluding hydrogens is 268 g/mol. The van der Waals surface area contributed by atoms with Gasteiger partial charge < -0.3 is 14.8 Å². The van der Waals surface area contributed by atoms with Gasteiger partial charge in [0.25, 0.3) is 0 Å². The second-order valence-corrected chi connectivity index (χ2v) is 4.66. The van der Waals surface area contributed by atoms with Crippen LogP contribution in [0.15, 0.2) is 42.6 Å². The van der Waals surface area contributed by atoms with Crippen molar-refractivity contribution in [3.05, 3.63) is 53.7 Å². The molecule has 0 saturated heterocycles. The monoisotopic (exact) mass is 282 g/mol. The summed E-state index contributed by atoms with van der Waals surface area (Å²) in [7, 11) is 0. The number of rotatable bonds is 3. The highest BCUT2D eigenvalue weighted by Crippen LogP contribution is 2.32. The first-order valence-electron chi connectivity index (χ1n) is 6.52. The zero-order chi connectivity index (χ0) is 14.7. The van der Waals surface area contributed by atoms with E-state index in [1.807, 2.05) is 31.2 Å². The summed E-state index contributed by atoms with van der Waals surface area (Å²) in [6.45, 7) is 2.18. The molecule has 0 fully saturated rings. The van der Waals surface area contributed by atoms with Crippen LogP contribution < -0.4 is 14.8 Å². The molecule has 5 nitrogen and oxygen atoms in total. The molecule has 0 bridgehead atoms. The fourth-order valence-corrected chi connectivity index (χ4v) is 1.90. The molecule has 2 aromatic rings. The van der Waals surface area contributed by atoms with E-state index < -0.39 is 0 Å². The van der Waals surface area contributed by atoms with Crippen molar-refractivity contribution in [1.82, 2.24) is 4.98 Å². The molecule has 0 spiro atoms. The molecule has 1 N–H and O–H groups in total. The minimum absolute atomic E-state index is 0.232. The van der Waals surface area contributed by atoms with Crippen molar-refractivity contribution in [2.45, 2.75) is 6.92 Å². The van der Waals surface area contributed by atoms with Crippen LogP contribution in [0.2, 0.25) is 0 Å². The molecule has 1 aromatic heterocycles. The number of pyridine rings is 1. The highest BCUT2D eigenvalue weighted by molar-refractivity contribution is 6.01. The van der Waals surface area contributed by atoms with E-state index in [1.54, 1.807) is 18.3 Å². The molecule has 2 heterocycles. The van der Waals surface area contributed by atoms with E-state index in [1.165, 1.54) is 6.08 Å². The molecular formula is C16H14N2O3. The Bertz CT molecular complexity index is 693. The van der Waals surface area contributed by atoms with Crippen molar-refractivity contribution in [3.63, 3.8) is 0 Å². The highest BCUT2D eigenvalue weighted by Gasteiger charge is 2.12. The van der Waals surface area contributed by atoms with Crippen LogP contribution in [0.3, 0.4) is 0 Å². The second kappa shape index (κ2) is 5.66. The average molecular weight is 282 g/mol. The number of nitrogens with zero attached hydrogens (tertiary/aromatic N) is 1. The van der Waals surface area contributed by atoms with Crippen molar-refractivity contribution in [1.29, 1.82) is 0 Å².